The third kappa shape index (κ3) is 4.15. The minimum absolute atomic E-state index is 0.0868. The highest BCUT2D eigenvalue weighted by molar-refractivity contribution is 6.21. The van der Waals surface area contributed by atoms with E-state index in [1.807, 2.05) is 4.90 Å². The first-order valence-electron chi connectivity index (χ1n) is 10.7. The Bertz CT molecular complexity index is 771. The van der Waals surface area contributed by atoms with Gasteiger partial charge in [0, 0.05) is 19.5 Å². The van der Waals surface area contributed by atoms with Gasteiger partial charge in [-0.05, 0) is 55.9 Å². The van der Waals surface area contributed by atoms with Crippen molar-refractivity contribution in [1.82, 2.24) is 4.90 Å². The number of hydrogen-bond donors (Lipinski definition) is 1. The normalized spacial score (nSPS) is 27.8. The highest BCUT2D eigenvalue weighted by Crippen LogP contribution is 2.25. The Balaban J connectivity index is 1.31. The summed E-state index contributed by atoms with van der Waals surface area (Å²) in [7, 11) is 1.59. The molecule has 156 valence electrons. The van der Waals surface area contributed by atoms with Crippen LogP contribution in [0, 0.1) is 5.92 Å². The predicted octanol–water partition coefficient (Wildman–Crippen LogP) is 0.635. The Hall–Kier alpha value is -2.41. The summed E-state index contributed by atoms with van der Waals surface area (Å²) < 4.78 is 5.16. The van der Waals surface area contributed by atoms with Crippen LogP contribution in [0.5, 0.6) is 5.75 Å². The molecule has 1 aromatic carbocycles. The smallest absolute Gasteiger partial charge is 0.292 e. The second-order valence-electron chi connectivity index (χ2n) is 8.40. The average molecular weight is 400 g/mol. The first-order chi connectivity index (χ1) is 14.1. The minimum Gasteiger partial charge on any atom is -0.497 e. The molecule has 4 rings (SSSR count). The molecule has 7 heteroatoms. The third-order valence-corrected chi connectivity index (χ3v) is 6.70. The van der Waals surface area contributed by atoms with Crippen LogP contribution in [0.1, 0.15) is 38.5 Å². The van der Waals surface area contributed by atoms with Crippen LogP contribution in [0.25, 0.3) is 0 Å². The van der Waals surface area contributed by atoms with Gasteiger partial charge in [0.05, 0.1) is 32.3 Å². The van der Waals surface area contributed by atoms with Crippen LogP contribution in [0.2, 0.25) is 0 Å². The Labute approximate surface area is 171 Å². The Morgan fingerprint density at radius 2 is 1.79 bits per heavy atom. The lowest BCUT2D eigenvalue weighted by molar-refractivity contribution is -0.920. The van der Waals surface area contributed by atoms with Crippen LogP contribution in [-0.4, -0.2) is 62.0 Å². The second-order valence-corrected chi connectivity index (χ2v) is 8.40. The molecular formula is C22H30N3O4+. The molecule has 1 aromatic rings. The van der Waals surface area contributed by atoms with E-state index in [2.05, 4.69) is 0 Å². The van der Waals surface area contributed by atoms with E-state index in [0.717, 1.165) is 51.9 Å². The quantitative estimate of drug-likeness (QED) is 0.712. The number of methoxy groups -OCH3 is 1. The number of quaternary nitrogens is 1. The van der Waals surface area contributed by atoms with Crippen molar-refractivity contribution >= 4 is 23.4 Å². The van der Waals surface area contributed by atoms with Crippen LogP contribution in [0.3, 0.4) is 0 Å². The van der Waals surface area contributed by atoms with E-state index >= 15 is 0 Å². The minimum atomic E-state index is -0.272. The second kappa shape index (κ2) is 8.53. The Kier molecular flexibility index (Phi) is 5.85. The van der Waals surface area contributed by atoms with Crippen LogP contribution in [0.4, 0.5) is 5.69 Å². The number of imide groups is 1. The zero-order valence-corrected chi connectivity index (χ0v) is 17.1. The largest absolute Gasteiger partial charge is 0.497 e. The molecule has 3 aliphatic rings. The molecule has 0 bridgehead atoms. The van der Waals surface area contributed by atoms with Gasteiger partial charge in [-0.1, -0.05) is 0 Å². The predicted molar refractivity (Wildman–Crippen MR) is 108 cm³/mol. The van der Waals surface area contributed by atoms with E-state index in [-0.39, 0.29) is 24.3 Å². The number of benzene rings is 1. The van der Waals surface area contributed by atoms with Crippen molar-refractivity contribution in [3.63, 3.8) is 0 Å². The topological polar surface area (TPSA) is 71.4 Å². The summed E-state index contributed by atoms with van der Waals surface area (Å²) in [5.74, 6) is 1.40. The van der Waals surface area contributed by atoms with Gasteiger partial charge in [-0.15, -0.1) is 0 Å². The highest BCUT2D eigenvalue weighted by atomic mass is 16.5. The molecule has 3 saturated heterocycles. The van der Waals surface area contributed by atoms with Gasteiger partial charge in [-0.25, -0.2) is 4.90 Å². The van der Waals surface area contributed by atoms with Gasteiger partial charge in [0.25, 0.3) is 5.91 Å². The van der Waals surface area contributed by atoms with E-state index in [1.165, 1.54) is 9.80 Å². The zero-order chi connectivity index (χ0) is 20.4. The maximum absolute atomic E-state index is 13.0. The van der Waals surface area contributed by atoms with Crippen molar-refractivity contribution < 1.29 is 24.0 Å². The summed E-state index contributed by atoms with van der Waals surface area (Å²) in [6.45, 7) is 3.60. The van der Waals surface area contributed by atoms with Gasteiger partial charge in [0.1, 0.15) is 5.75 Å². The van der Waals surface area contributed by atoms with E-state index in [0.29, 0.717) is 29.7 Å². The lowest BCUT2D eigenvalue weighted by Crippen LogP contribution is -3.17. The van der Waals surface area contributed by atoms with Crippen LogP contribution in [-0.2, 0) is 14.4 Å². The van der Waals surface area contributed by atoms with Crippen molar-refractivity contribution in [1.29, 1.82) is 0 Å². The summed E-state index contributed by atoms with van der Waals surface area (Å²) in [4.78, 5) is 41.9. The molecule has 3 fully saturated rings. The molecule has 0 aromatic heterocycles. The molecule has 29 heavy (non-hydrogen) atoms. The van der Waals surface area contributed by atoms with Gasteiger partial charge in [0.15, 0.2) is 6.04 Å². The van der Waals surface area contributed by atoms with Crippen molar-refractivity contribution in [2.75, 3.05) is 38.2 Å². The van der Waals surface area contributed by atoms with Crippen LogP contribution in [0.15, 0.2) is 24.3 Å². The average Bonchev–Trinajstić information content (AvgIpc) is 3.29. The summed E-state index contributed by atoms with van der Waals surface area (Å²) in [5, 5.41) is 0. The maximum atomic E-state index is 13.0. The summed E-state index contributed by atoms with van der Waals surface area (Å²) >= 11 is 0. The molecule has 3 heterocycles. The number of nitrogens with zero attached hydrogens (tertiary/aromatic N) is 2. The fourth-order valence-corrected chi connectivity index (χ4v) is 4.92. The fourth-order valence-electron chi connectivity index (χ4n) is 4.92. The number of nitrogens with one attached hydrogen (secondary N) is 1. The first kappa shape index (κ1) is 19.9. The van der Waals surface area contributed by atoms with Gasteiger partial charge in [-0.2, -0.15) is 0 Å². The number of amides is 3. The number of anilines is 1. The molecule has 3 aliphatic heterocycles. The SMILES string of the molecule is COc1ccc(N2C(=O)C[C@H]([NH+]3CCC(CCN4CCCC4=O)CC3)C2=O)cc1. The van der Waals surface area contributed by atoms with Crippen molar-refractivity contribution in [3.05, 3.63) is 24.3 Å². The molecule has 3 amide bonds. The van der Waals surface area contributed by atoms with Gasteiger partial charge in [0.2, 0.25) is 11.8 Å². The van der Waals surface area contributed by atoms with Crippen LogP contribution >= 0.6 is 0 Å². The van der Waals surface area contributed by atoms with Crippen molar-refractivity contribution in [2.24, 2.45) is 5.92 Å². The van der Waals surface area contributed by atoms with Gasteiger partial charge < -0.3 is 14.5 Å². The number of hydrogen-bond acceptors (Lipinski definition) is 4. The van der Waals surface area contributed by atoms with Gasteiger partial charge >= 0.3 is 0 Å². The maximum Gasteiger partial charge on any atom is 0.292 e. The summed E-state index contributed by atoms with van der Waals surface area (Å²) in [5.41, 5.74) is 0.618. The van der Waals surface area contributed by atoms with E-state index < -0.39 is 0 Å². The van der Waals surface area contributed by atoms with E-state index in [9.17, 15) is 14.4 Å². The Morgan fingerprint density at radius 3 is 2.41 bits per heavy atom. The van der Waals surface area contributed by atoms with Crippen molar-refractivity contribution in [3.8, 4) is 5.75 Å². The van der Waals surface area contributed by atoms with E-state index in [4.69, 9.17) is 4.74 Å². The van der Waals surface area contributed by atoms with Crippen molar-refractivity contribution in [2.45, 2.75) is 44.6 Å². The molecule has 0 aliphatic carbocycles. The molecule has 1 atom stereocenters. The summed E-state index contributed by atoms with van der Waals surface area (Å²) in [6, 6.07) is 6.79. The van der Waals surface area contributed by atoms with Gasteiger partial charge in [-0.3, -0.25) is 14.4 Å². The molecule has 0 saturated carbocycles. The lowest BCUT2D eigenvalue weighted by atomic mass is 9.92. The number of rotatable bonds is 6. The van der Waals surface area contributed by atoms with E-state index in [1.54, 1.807) is 31.4 Å². The van der Waals surface area contributed by atoms with Crippen LogP contribution < -0.4 is 14.5 Å². The molecule has 7 nitrogen and oxygen atoms in total. The number of ether oxygens (including phenoxy) is 1. The monoisotopic (exact) mass is 400 g/mol. The molecule has 0 spiro atoms. The molecule has 1 N–H and O–H groups in total. The fraction of sp³-hybridized carbons (Fsp3) is 0.591. The molecule has 0 radical (unpaired) electrons. The number of carbonyl (C=O) groups excluding carboxylic acids is 3. The zero-order valence-electron chi connectivity index (χ0n) is 17.1. The number of carbonyl (C=O) groups is 3. The first-order valence-corrected chi connectivity index (χ1v) is 10.7. The third-order valence-electron chi connectivity index (χ3n) is 6.70. The molecule has 0 unspecified atom stereocenters. The number of piperidine rings is 1. The molecular weight excluding hydrogens is 370 g/mol. The lowest BCUT2D eigenvalue weighted by Gasteiger charge is -2.32. The number of likely N-dealkylation sites (tertiary alicyclic amines) is 2. The summed E-state index contributed by atoms with van der Waals surface area (Å²) in [6.07, 6.45) is 5.13. The highest BCUT2D eigenvalue weighted by Gasteiger charge is 2.46. The Morgan fingerprint density at radius 1 is 1.07 bits per heavy atom. The standard InChI is InChI=1S/C22H29N3O4/c1-29-18-6-4-17(5-7-18)25-21(27)15-19(22(25)28)23-12-8-16(9-13-23)10-14-24-11-2-3-20(24)26/h4-7,16,19H,2-3,8-15H2,1H3/p+1/t19-/m0/s1.